The summed E-state index contributed by atoms with van der Waals surface area (Å²) >= 11 is 0. The van der Waals surface area contributed by atoms with Crippen LogP contribution in [0.5, 0.6) is 5.75 Å². The molecule has 0 aliphatic rings. The van der Waals surface area contributed by atoms with Gasteiger partial charge in [-0.05, 0) is 19.4 Å². The summed E-state index contributed by atoms with van der Waals surface area (Å²) in [6.07, 6.45) is 0.464. The van der Waals surface area contributed by atoms with Gasteiger partial charge in [0.15, 0.2) is 5.56 Å². The number of aromatic amines is 1. The van der Waals surface area contributed by atoms with Gasteiger partial charge in [0.2, 0.25) is 0 Å². The molecule has 5 heteroatoms. The van der Waals surface area contributed by atoms with Gasteiger partial charge in [-0.15, -0.1) is 0 Å². The molecule has 21 heavy (non-hydrogen) atoms. The molecule has 0 amide bonds. The van der Waals surface area contributed by atoms with Gasteiger partial charge in [-0.2, -0.15) is 0 Å². The third-order valence-corrected chi connectivity index (χ3v) is 3.06. The maximum atomic E-state index is 11.9. The fourth-order valence-corrected chi connectivity index (χ4v) is 2.02. The van der Waals surface area contributed by atoms with Crippen molar-refractivity contribution in [2.24, 2.45) is 0 Å². The highest BCUT2D eigenvalue weighted by Gasteiger charge is 2.18. The molecular weight excluding hydrogens is 270 g/mol. The van der Waals surface area contributed by atoms with Gasteiger partial charge in [0.25, 0.3) is 5.56 Å². The fraction of sp³-hybridized carbons (Fsp3) is 0.250. The summed E-state index contributed by atoms with van der Waals surface area (Å²) in [6, 6.07) is 9.22. The van der Waals surface area contributed by atoms with Crippen LogP contribution in [0.15, 0.2) is 35.1 Å². The van der Waals surface area contributed by atoms with Gasteiger partial charge in [-0.1, -0.05) is 29.8 Å². The Morgan fingerprint density at radius 1 is 1.29 bits per heavy atom. The quantitative estimate of drug-likeness (QED) is 0.844. The molecule has 0 aliphatic heterocycles. The number of rotatable bonds is 4. The van der Waals surface area contributed by atoms with Crippen molar-refractivity contribution in [1.82, 2.24) is 4.98 Å². The summed E-state index contributed by atoms with van der Waals surface area (Å²) in [4.78, 5) is 26.1. The van der Waals surface area contributed by atoms with Gasteiger partial charge >= 0.3 is 5.97 Å². The van der Waals surface area contributed by atoms with E-state index in [0.717, 1.165) is 11.1 Å². The van der Waals surface area contributed by atoms with Gasteiger partial charge in [0, 0.05) is 18.2 Å². The second-order valence-electron chi connectivity index (χ2n) is 4.77. The van der Waals surface area contributed by atoms with Crippen LogP contribution in [0.3, 0.4) is 0 Å². The number of benzene rings is 1. The minimum absolute atomic E-state index is 0.142. The lowest BCUT2D eigenvalue weighted by Gasteiger charge is -2.07. The van der Waals surface area contributed by atoms with Gasteiger partial charge in [-0.3, -0.25) is 4.79 Å². The van der Waals surface area contributed by atoms with Crippen LogP contribution in [0.1, 0.15) is 34.1 Å². The topological polar surface area (TPSA) is 79.4 Å². The number of ether oxygens (including phenoxy) is 1. The number of aromatic hydroxyl groups is 1. The van der Waals surface area contributed by atoms with Crippen LogP contribution >= 0.6 is 0 Å². The Morgan fingerprint density at radius 2 is 1.95 bits per heavy atom. The molecule has 0 radical (unpaired) electrons. The molecule has 0 saturated carbocycles. The van der Waals surface area contributed by atoms with Gasteiger partial charge < -0.3 is 14.8 Å². The zero-order valence-corrected chi connectivity index (χ0v) is 12.0. The number of nitrogens with one attached hydrogen (secondary N) is 1. The van der Waals surface area contributed by atoms with Crippen molar-refractivity contribution in [2.45, 2.75) is 20.3 Å². The minimum atomic E-state index is -0.821. The number of H-pyrrole nitrogens is 1. The largest absolute Gasteiger partial charge is 0.507 e. The first-order valence-corrected chi connectivity index (χ1v) is 6.69. The summed E-state index contributed by atoms with van der Waals surface area (Å²) in [6.45, 7) is 3.77. The molecule has 1 heterocycles. The first kappa shape index (κ1) is 14.8. The van der Waals surface area contributed by atoms with Crippen molar-refractivity contribution >= 4 is 5.97 Å². The molecule has 1 aromatic heterocycles. The fourth-order valence-electron chi connectivity index (χ4n) is 2.02. The van der Waals surface area contributed by atoms with Crippen molar-refractivity contribution in [1.29, 1.82) is 0 Å². The predicted octanol–water partition coefficient (Wildman–Crippen LogP) is 2.16. The third kappa shape index (κ3) is 3.51. The lowest BCUT2D eigenvalue weighted by Crippen LogP contribution is -2.21. The molecule has 0 unspecified atom stereocenters. The van der Waals surface area contributed by atoms with Crippen LogP contribution < -0.4 is 5.56 Å². The van der Waals surface area contributed by atoms with Gasteiger partial charge in [0.1, 0.15) is 5.75 Å². The molecule has 0 bridgehead atoms. The molecule has 0 spiro atoms. The number of hydrogen-bond acceptors (Lipinski definition) is 4. The Labute approximate surface area is 122 Å². The zero-order chi connectivity index (χ0) is 15.4. The van der Waals surface area contributed by atoms with E-state index < -0.39 is 11.5 Å². The highest BCUT2D eigenvalue weighted by atomic mass is 16.5. The first-order valence-electron chi connectivity index (χ1n) is 6.69. The van der Waals surface area contributed by atoms with E-state index in [-0.39, 0.29) is 17.9 Å². The average molecular weight is 287 g/mol. The highest BCUT2D eigenvalue weighted by molar-refractivity contribution is 5.91. The number of carbonyl (C=O) groups excluding carboxylic acids is 1. The number of pyridine rings is 1. The van der Waals surface area contributed by atoms with Crippen molar-refractivity contribution < 1.29 is 14.6 Å². The maximum Gasteiger partial charge on any atom is 0.347 e. The summed E-state index contributed by atoms with van der Waals surface area (Å²) in [5.74, 6) is -1.18. The van der Waals surface area contributed by atoms with E-state index in [9.17, 15) is 14.7 Å². The van der Waals surface area contributed by atoms with Crippen LogP contribution in [0, 0.1) is 6.92 Å². The van der Waals surface area contributed by atoms with Crippen LogP contribution in [0.2, 0.25) is 0 Å². The lowest BCUT2D eigenvalue weighted by molar-refractivity contribution is 0.0521. The molecule has 2 aromatic rings. The Morgan fingerprint density at radius 3 is 2.52 bits per heavy atom. The standard InChI is InChI=1S/C16H17NO4/c1-3-21-16(20)14-13(18)9-12(17-15(14)19)8-11-6-4-10(2)5-7-11/h4-7,9H,3,8H2,1-2H3,(H2,17,18,19). The highest BCUT2D eigenvalue weighted by Crippen LogP contribution is 2.17. The van der Waals surface area contributed by atoms with Crippen molar-refractivity contribution in [3.05, 3.63) is 63.1 Å². The Kier molecular flexibility index (Phi) is 4.42. The molecule has 2 rings (SSSR count). The minimum Gasteiger partial charge on any atom is -0.507 e. The van der Waals surface area contributed by atoms with Gasteiger partial charge in [-0.25, -0.2) is 4.79 Å². The number of hydrogen-bond donors (Lipinski definition) is 2. The van der Waals surface area contributed by atoms with E-state index in [1.807, 2.05) is 31.2 Å². The molecule has 2 N–H and O–H groups in total. The van der Waals surface area contributed by atoms with Crippen LogP contribution in [0.4, 0.5) is 0 Å². The van der Waals surface area contributed by atoms with E-state index in [1.54, 1.807) is 6.92 Å². The maximum absolute atomic E-state index is 11.9. The van der Waals surface area contributed by atoms with Crippen molar-refractivity contribution in [3.8, 4) is 5.75 Å². The van der Waals surface area contributed by atoms with E-state index in [0.29, 0.717) is 12.1 Å². The molecule has 0 fully saturated rings. The number of aryl methyl sites for hydroxylation is 1. The van der Waals surface area contributed by atoms with E-state index >= 15 is 0 Å². The molecular formula is C16H17NO4. The second-order valence-corrected chi connectivity index (χ2v) is 4.77. The summed E-state index contributed by atoms with van der Waals surface area (Å²) in [5.41, 5.74) is 1.68. The monoisotopic (exact) mass is 287 g/mol. The van der Waals surface area contributed by atoms with Gasteiger partial charge in [0.05, 0.1) is 6.61 Å². The van der Waals surface area contributed by atoms with Crippen LogP contribution in [-0.4, -0.2) is 22.7 Å². The first-order chi connectivity index (χ1) is 10.0. The number of aromatic nitrogens is 1. The SMILES string of the molecule is CCOC(=O)c1c(O)cc(Cc2ccc(C)cc2)[nH]c1=O. The smallest absolute Gasteiger partial charge is 0.347 e. The van der Waals surface area contributed by atoms with E-state index in [4.69, 9.17) is 4.74 Å². The third-order valence-electron chi connectivity index (χ3n) is 3.06. The number of esters is 1. The normalized spacial score (nSPS) is 10.4. The Balaban J connectivity index is 2.29. The molecule has 0 saturated heterocycles. The molecule has 0 aliphatic carbocycles. The molecule has 1 aromatic carbocycles. The van der Waals surface area contributed by atoms with Crippen LogP contribution in [-0.2, 0) is 11.2 Å². The predicted molar refractivity (Wildman–Crippen MR) is 78.7 cm³/mol. The lowest BCUT2D eigenvalue weighted by atomic mass is 10.1. The molecule has 0 atom stereocenters. The van der Waals surface area contributed by atoms with E-state index in [2.05, 4.69) is 4.98 Å². The summed E-state index contributed by atoms with van der Waals surface area (Å²) in [7, 11) is 0. The molecule has 110 valence electrons. The average Bonchev–Trinajstić information content (AvgIpc) is 2.41. The van der Waals surface area contributed by atoms with Crippen LogP contribution in [0.25, 0.3) is 0 Å². The summed E-state index contributed by atoms with van der Waals surface area (Å²) < 4.78 is 4.74. The Hall–Kier alpha value is -2.56. The van der Waals surface area contributed by atoms with Crippen molar-refractivity contribution in [2.75, 3.05) is 6.61 Å². The molecule has 5 nitrogen and oxygen atoms in total. The summed E-state index contributed by atoms with van der Waals surface area (Å²) in [5, 5.41) is 9.87. The zero-order valence-electron chi connectivity index (χ0n) is 12.0. The Bertz CT molecular complexity index is 701. The van der Waals surface area contributed by atoms with E-state index in [1.165, 1.54) is 6.07 Å². The second kappa shape index (κ2) is 6.26. The van der Waals surface area contributed by atoms with Crippen molar-refractivity contribution in [3.63, 3.8) is 0 Å². The number of carbonyl (C=O) groups is 1.